The van der Waals surface area contributed by atoms with Gasteiger partial charge >= 0.3 is 0 Å². The van der Waals surface area contributed by atoms with Crippen molar-refractivity contribution in [2.45, 2.75) is 44.6 Å². The summed E-state index contributed by atoms with van der Waals surface area (Å²) in [5.41, 5.74) is 1.52. The van der Waals surface area contributed by atoms with Crippen LogP contribution in [0.3, 0.4) is 0 Å². The van der Waals surface area contributed by atoms with E-state index in [-0.39, 0.29) is 6.61 Å². The predicted octanol–water partition coefficient (Wildman–Crippen LogP) is 2.46. The summed E-state index contributed by atoms with van der Waals surface area (Å²) in [6.07, 6.45) is 8.62. The third kappa shape index (κ3) is 2.91. The number of hydrogen-bond donors (Lipinski definition) is 1. The van der Waals surface area contributed by atoms with Crippen molar-refractivity contribution in [1.29, 1.82) is 0 Å². The van der Waals surface area contributed by atoms with E-state index in [1.165, 1.54) is 52.8 Å². The molecule has 1 N–H and O–H groups in total. The van der Waals surface area contributed by atoms with Gasteiger partial charge in [0.05, 0.1) is 5.39 Å². The van der Waals surface area contributed by atoms with Crippen molar-refractivity contribution in [3.8, 4) is 0 Å². The number of aryl methyl sites for hydroxylation is 2. The highest BCUT2D eigenvalue weighted by atomic mass is 32.1. The van der Waals surface area contributed by atoms with Crippen LogP contribution in [0.15, 0.2) is 6.33 Å². The molecular weight excluding hydrogens is 320 g/mol. The van der Waals surface area contributed by atoms with Crippen molar-refractivity contribution in [1.82, 2.24) is 14.9 Å². The fraction of sp³-hybridized carbons (Fsp3) is 0.667. The Kier molecular flexibility index (Phi) is 4.70. The van der Waals surface area contributed by atoms with Gasteiger partial charge in [0.15, 0.2) is 0 Å². The Morgan fingerprint density at radius 3 is 2.92 bits per heavy atom. The number of rotatable bonds is 5. The van der Waals surface area contributed by atoms with Crippen LogP contribution >= 0.6 is 11.3 Å². The van der Waals surface area contributed by atoms with E-state index >= 15 is 0 Å². The average Bonchev–Trinajstić information content (AvgIpc) is 3.20. The zero-order chi connectivity index (χ0) is 16.5. The third-order valence-corrected chi connectivity index (χ3v) is 6.74. The van der Waals surface area contributed by atoms with Gasteiger partial charge in [0, 0.05) is 37.2 Å². The fourth-order valence-corrected chi connectivity index (χ4v) is 5.40. The summed E-state index contributed by atoms with van der Waals surface area (Å²) in [7, 11) is 2.19. The molecule has 2 aromatic rings. The maximum atomic E-state index is 9.01. The Hall–Kier alpha value is -1.24. The van der Waals surface area contributed by atoms with Gasteiger partial charge in [0.2, 0.25) is 0 Å². The van der Waals surface area contributed by atoms with Crippen LogP contribution < -0.4 is 4.90 Å². The van der Waals surface area contributed by atoms with Gasteiger partial charge < -0.3 is 14.9 Å². The molecule has 2 aliphatic rings. The first-order chi connectivity index (χ1) is 11.8. The van der Waals surface area contributed by atoms with Crippen molar-refractivity contribution < 1.29 is 5.11 Å². The van der Waals surface area contributed by atoms with E-state index < -0.39 is 0 Å². The lowest BCUT2D eigenvalue weighted by Crippen LogP contribution is -2.44. The number of hydrogen-bond acceptors (Lipinski definition) is 6. The zero-order valence-electron chi connectivity index (χ0n) is 14.4. The highest BCUT2D eigenvalue weighted by molar-refractivity contribution is 7.19. The van der Waals surface area contributed by atoms with Crippen LogP contribution in [0, 0.1) is 0 Å². The Labute approximate surface area is 147 Å². The SMILES string of the molecule is CN(CCCO)C1CCN(c2ncnc3sc4c(c23)CCC4)CC1. The second-order valence-corrected chi connectivity index (χ2v) is 8.09. The first-order valence-electron chi connectivity index (χ1n) is 9.09. The molecule has 130 valence electrons. The Morgan fingerprint density at radius 1 is 1.29 bits per heavy atom. The first-order valence-corrected chi connectivity index (χ1v) is 9.91. The van der Waals surface area contributed by atoms with E-state index in [4.69, 9.17) is 5.11 Å². The molecule has 0 bridgehead atoms. The van der Waals surface area contributed by atoms with E-state index in [1.807, 2.05) is 11.3 Å². The molecular formula is C18H26N4OS. The topological polar surface area (TPSA) is 52.5 Å². The number of aliphatic hydroxyl groups excluding tert-OH is 1. The molecule has 1 fully saturated rings. The molecule has 5 nitrogen and oxygen atoms in total. The van der Waals surface area contributed by atoms with E-state index in [2.05, 4.69) is 26.8 Å². The molecule has 1 saturated heterocycles. The summed E-state index contributed by atoms with van der Waals surface area (Å²) in [5, 5.41) is 10.3. The van der Waals surface area contributed by atoms with Crippen molar-refractivity contribution in [3.63, 3.8) is 0 Å². The van der Waals surface area contributed by atoms with Crippen molar-refractivity contribution in [2.75, 3.05) is 38.2 Å². The highest BCUT2D eigenvalue weighted by Crippen LogP contribution is 2.40. The fourth-order valence-electron chi connectivity index (χ4n) is 4.17. The van der Waals surface area contributed by atoms with Crippen LogP contribution in [0.25, 0.3) is 10.2 Å². The number of anilines is 1. The smallest absolute Gasteiger partial charge is 0.141 e. The molecule has 0 amide bonds. The Morgan fingerprint density at radius 2 is 2.12 bits per heavy atom. The van der Waals surface area contributed by atoms with Crippen LogP contribution in [0.5, 0.6) is 0 Å². The van der Waals surface area contributed by atoms with E-state index in [0.29, 0.717) is 6.04 Å². The van der Waals surface area contributed by atoms with Gasteiger partial charge in [-0.15, -0.1) is 11.3 Å². The molecule has 4 rings (SSSR count). The molecule has 24 heavy (non-hydrogen) atoms. The molecule has 0 unspecified atom stereocenters. The second-order valence-electron chi connectivity index (χ2n) is 7.01. The summed E-state index contributed by atoms with van der Waals surface area (Å²) in [6.45, 7) is 3.39. The standard InChI is InChI=1S/C18H26N4OS/c1-21(8-3-11-23)13-6-9-22(10-7-13)17-16-14-4-2-5-15(14)24-18(16)20-12-19-17/h12-13,23H,2-11H2,1H3. The molecule has 1 aliphatic heterocycles. The number of aliphatic hydroxyl groups is 1. The Balaban J connectivity index is 1.51. The minimum Gasteiger partial charge on any atom is -0.396 e. The summed E-state index contributed by atoms with van der Waals surface area (Å²) in [4.78, 5) is 16.8. The average molecular weight is 347 g/mol. The monoisotopic (exact) mass is 346 g/mol. The quantitative estimate of drug-likeness (QED) is 0.901. The largest absolute Gasteiger partial charge is 0.396 e. The van der Waals surface area contributed by atoms with Crippen LogP contribution in [-0.4, -0.2) is 59.3 Å². The number of nitrogens with zero attached hydrogens (tertiary/aromatic N) is 4. The molecule has 0 atom stereocenters. The molecule has 0 spiro atoms. The van der Waals surface area contributed by atoms with Gasteiger partial charge in [0.1, 0.15) is 17.0 Å². The highest BCUT2D eigenvalue weighted by Gasteiger charge is 2.27. The van der Waals surface area contributed by atoms with E-state index in [9.17, 15) is 0 Å². The van der Waals surface area contributed by atoms with Crippen LogP contribution in [0.4, 0.5) is 5.82 Å². The summed E-state index contributed by atoms with van der Waals surface area (Å²) < 4.78 is 0. The normalized spacial score (nSPS) is 18.7. The molecule has 6 heteroatoms. The van der Waals surface area contributed by atoms with Gasteiger partial charge in [-0.3, -0.25) is 0 Å². The maximum Gasteiger partial charge on any atom is 0.141 e. The lowest BCUT2D eigenvalue weighted by molar-refractivity contribution is 0.184. The molecule has 3 heterocycles. The minimum atomic E-state index is 0.283. The number of fused-ring (bicyclic) bond motifs is 3. The van der Waals surface area contributed by atoms with Crippen molar-refractivity contribution in [2.24, 2.45) is 0 Å². The number of aromatic nitrogens is 2. The first kappa shape index (κ1) is 16.2. The summed E-state index contributed by atoms with van der Waals surface area (Å²) in [6, 6.07) is 0.623. The van der Waals surface area contributed by atoms with Crippen molar-refractivity contribution >= 4 is 27.4 Å². The minimum absolute atomic E-state index is 0.283. The second kappa shape index (κ2) is 6.94. The number of piperidine rings is 1. The lowest BCUT2D eigenvalue weighted by atomic mass is 10.0. The molecule has 1 aliphatic carbocycles. The van der Waals surface area contributed by atoms with Crippen LogP contribution in [0.1, 0.15) is 36.1 Å². The third-order valence-electron chi connectivity index (χ3n) is 5.54. The summed E-state index contributed by atoms with van der Waals surface area (Å²) in [5.74, 6) is 1.16. The van der Waals surface area contributed by atoms with E-state index in [0.717, 1.165) is 31.9 Å². The van der Waals surface area contributed by atoms with Crippen LogP contribution in [0.2, 0.25) is 0 Å². The molecule has 0 radical (unpaired) electrons. The van der Waals surface area contributed by atoms with Crippen LogP contribution in [-0.2, 0) is 12.8 Å². The van der Waals surface area contributed by atoms with Gasteiger partial charge in [0.25, 0.3) is 0 Å². The molecule has 2 aromatic heterocycles. The van der Waals surface area contributed by atoms with Gasteiger partial charge in [-0.1, -0.05) is 0 Å². The Bertz CT molecular complexity index is 708. The summed E-state index contributed by atoms with van der Waals surface area (Å²) >= 11 is 1.87. The lowest BCUT2D eigenvalue weighted by Gasteiger charge is -2.37. The van der Waals surface area contributed by atoms with Crippen molar-refractivity contribution in [3.05, 3.63) is 16.8 Å². The molecule has 0 saturated carbocycles. The maximum absolute atomic E-state index is 9.01. The van der Waals surface area contributed by atoms with E-state index in [1.54, 1.807) is 6.33 Å². The number of thiophene rings is 1. The predicted molar refractivity (Wildman–Crippen MR) is 99.0 cm³/mol. The molecule has 0 aromatic carbocycles. The van der Waals surface area contributed by atoms with Gasteiger partial charge in [-0.25, -0.2) is 9.97 Å². The zero-order valence-corrected chi connectivity index (χ0v) is 15.2. The van der Waals surface area contributed by atoms with Gasteiger partial charge in [-0.2, -0.15) is 0 Å². The van der Waals surface area contributed by atoms with Gasteiger partial charge in [-0.05, 0) is 51.1 Å².